The van der Waals surface area contributed by atoms with Gasteiger partial charge >= 0.3 is 0 Å². The number of ether oxygens (including phenoxy) is 1. The lowest BCUT2D eigenvalue weighted by Gasteiger charge is -2.19. The van der Waals surface area contributed by atoms with Crippen molar-refractivity contribution in [3.63, 3.8) is 0 Å². The van der Waals surface area contributed by atoms with Gasteiger partial charge in [-0.25, -0.2) is 4.39 Å². The fourth-order valence-electron chi connectivity index (χ4n) is 5.22. The Morgan fingerprint density at radius 1 is 1.19 bits per heavy atom. The van der Waals surface area contributed by atoms with Crippen molar-refractivity contribution in [2.24, 2.45) is 5.92 Å². The fraction of sp³-hybridized carbons (Fsp3) is 0.500. The highest BCUT2D eigenvalue weighted by atomic mass is 19.1. The quantitative estimate of drug-likeness (QED) is 0.699. The minimum Gasteiger partial charge on any atom is -0.494 e. The summed E-state index contributed by atoms with van der Waals surface area (Å²) in [4.78, 5) is 14.3. The molecule has 0 spiro atoms. The summed E-state index contributed by atoms with van der Waals surface area (Å²) in [6.07, 6.45) is 4.86. The first-order valence-electron chi connectivity index (χ1n) is 11.3. The van der Waals surface area contributed by atoms with Gasteiger partial charge in [0.05, 0.1) is 13.2 Å². The third-order valence-corrected chi connectivity index (χ3v) is 7.05. The maximum atomic E-state index is 13.7. The molecule has 4 nitrogen and oxygen atoms in total. The number of benzene rings is 2. The Morgan fingerprint density at radius 3 is 2.65 bits per heavy atom. The van der Waals surface area contributed by atoms with Gasteiger partial charge in [0.15, 0.2) is 11.6 Å². The molecule has 166 valence electrons. The molecule has 4 atom stereocenters. The van der Waals surface area contributed by atoms with Gasteiger partial charge in [-0.2, -0.15) is 0 Å². The first kappa shape index (κ1) is 21.8. The summed E-state index contributed by atoms with van der Waals surface area (Å²) in [5, 5.41) is 9.66. The minimum atomic E-state index is -0.392. The molecule has 1 heterocycles. The Balaban J connectivity index is 1.34. The van der Waals surface area contributed by atoms with Crippen LogP contribution in [0.3, 0.4) is 0 Å². The van der Waals surface area contributed by atoms with Crippen LogP contribution in [0.25, 0.3) is 0 Å². The second-order valence-electron chi connectivity index (χ2n) is 9.22. The van der Waals surface area contributed by atoms with Crippen molar-refractivity contribution < 1.29 is 19.0 Å². The average Bonchev–Trinajstić information content (AvgIpc) is 3.43. The largest absolute Gasteiger partial charge is 0.494 e. The predicted molar refractivity (Wildman–Crippen MR) is 119 cm³/mol. The van der Waals surface area contributed by atoms with Gasteiger partial charge in [0, 0.05) is 18.7 Å². The van der Waals surface area contributed by atoms with Crippen molar-refractivity contribution in [2.75, 3.05) is 20.2 Å². The second-order valence-corrected chi connectivity index (χ2v) is 9.22. The van der Waals surface area contributed by atoms with Crippen LogP contribution in [-0.4, -0.2) is 42.2 Å². The van der Waals surface area contributed by atoms with Crippen LogP contribution in [0.1, 0.15) is 72.3 Å². The first-order chi connectivity index (χ1) is 14.9. The molecule has 0 bridgehead atoms. The predicted octanol–water partition coefficient (Wildman–Crippen LogP) is 5.12. The van der Waals surface area contributed by atoms with Crippen LogP contribution >= 0.6 is 0 Å². The van der Waals surface area contributed by atoms with E-state index in [1.54, 1.807) is 4.90 Å². The van der Waals surface area contributed by atoms with Gasteiger partial charge in [-0.05, 0) is 85.3 Å². The van der Waals surface area contributed by atoms with Crippen molar-refractivity contribution in [1.29, 1.82) is 0 Å². The number of hydrogen-bond acceptors (Lipinski definition) is 3. The first-order valence-corrected chi connectivity index (χ1v) is 11.3. The molecule has 1 saturated heterocycles. The number of rotatable bonds is 6. The number of aliphatic hydroxyl groups excluding tert-OH is 1. The molecule has 1 saturated carbocycles. The summed E-state index contributed by atoms with van der Waals surface area (Å²) < 4.78 is 18.8. The number of carbonyl (C=O) groups is 1. The smallest absolute Gasteiger partial charge is 0.253 e. The topological polar surface area (TPSA) is 49.8 Å². The van der Waals surface area contributed by atoms with E-state index < -0.39 is 6.10 Å². The number of halogens is 1. The fourth-order valence-corrected chi connectivity index (χ4v) is 5.22. The third kappa shape index (κ3) is 4.93. The highest BCUT2D eigenvalue weighted by Crippen LogP contribution is 2.42. The van der Waals surface area contributed by atoms with E-state index in [0.717, 1.165) is 24.8 Å². The van der Waals surface area contributed by atoms with E-state index in [2.05, 4.69) is 19.1 Å². The van der Waals surface area contributed by atoms with E-state index in [1.807, 2.05) is 24.3 Å². The summed E-state index contributed by atoms with van der Waals surface area (Å²) in [6.45, 7) is 3.27. The molecule has 0 aromatic heterocycles. The average molecular weight is 426 g/mol. The highest BCUT2D eigenvalue weighted by Gasteiger charge is 2.29. The third-order valence-electron chi connectivity index (χ3n) is 7.05. The number of carbonyl (C=O) groups excluding carboxylic acids is 1. The van der Waals surface area contributed by atoms with E-state index in [4.69, 9.17) is 4.74 Å². The standard InChI is InChI=1S/C26H32FNO3/c1-17(21-9-10-24(27)25(15-21)31-2)13-18-3-4-22(14-18)19-5-7-20(8-6-19)26(30)28-12-11-23(29)16-28/h5-10,15,17-18,22-23,29H,3-4,11-14,16H2,1-2H3/t17-,18+,22+,23-/m0/s1. The molecular formula is C26H32FNO3. The molecule has 1 amide bonds. The summed E-state index contributed by atoms with van der Waals surface area (Å²) in [5.41, 5.74) is 3.12. The molecule has 4 rings (SSSR count). The van der Waals surface area contributed by atoms with Crippen LogP contribution in [0.4, 0.5) is 4.39 Å². The molecule has 0 radical (unpaired) electrons. The summed E-state index contributed by atoms with van der Waals surface area (Å²) >= 11 is 0. The van der Waals surface area contributed by atoms with Gasteiger partial charge in [-0.1, -0.05) is 25.1 Å². The Labute approximate surface area is 184 Å². The zero-order chi connectivity index (χ0) is 22.0. The van der Waals surface area contributed by atoms with E-state index in [1.165, 1.54) is 25.2 Å². The van der Waals surface area contributed by atoms with Gasteiger partial charge in [0.2, 0.25) is 0 Å². The van der Waals surface area contributed by atoms with Gasteiger partial charge in [-0.3, -0.25) is 4.79 Å². The van der Waals surface area contributed by atoms with Crippen LogP contribution in [0.5, 0.6) is 5.75 Å². The van der Waals surface area contributed by atoms with E-state index in [0.29, 0.717) is 48.6 Å². The Bertz CT molecular complexity index is 913. The van der Waals surface area contributed by atoms with Crippen molar-refractivity contribution in [3.05, 3.63) is 65.0 Å². The Morgan fingerprint density at radius 2 is 1.97 bits per heavy atom. The number of nitrogens with zero attached hydrogens (tertiary/aromatic N) is 1. The van der Waals surface area contributed by atoms with Crippen LogP contribution in [0.2, 0.25) is 0 Å². The lowest BCUT2D eigenvalue weighted by atomic mass is 9.88. The highest BCUT2D eigenvalue weighted by molar-refractivity contribution is 5.94. The van der Waals surface area contributed by atoms with E-state index >= 15 is 0 Å². The molecule has 2 aromatic rings. The zero-order valence-electron chi connectivity index (χ0n) is 18.4. The maximum absolute atomic E-state index is 13.7. The van der Waals surface area contributed by atoms with Crippen molar-refractivity contribution in [2.45, 2.75) is 57.0 Å². The number of amides is 1. The van der Waals surface area contributed by atoms with Gasteiger partial charge < -0.3 is 14.7 Å². The van der Waals surface area contributed by atoms with Crippen LogP contribution < -0.4 is 4.74 Å². The normalized spacial score (nSPS) is 24.4. The van der Waals surface area contributed by atoms with Crippen LogP contribution in [0.15, 0.2) is 42.5 Å². The summed E-state index contributed by atoms with van der Waals surface area (Å²) in [7, 11) is 1.50. The van der Waals surface area contributed by atoms with Gasteiger partial charge in [0.25, 0.3) is 5.91 Å². The van der Waals surface area contributed by atoms with Crippen LogP contribution in [-0.2, 0) is 0 Å². The number of aliphatic hydroxyl groups is 1. The molecule has 1 aliphatic carbocycles. The summed E-state index contributed by atoms with van der Waals surface area (Å²) in [5.74, 6) is 1.53. The van der Waals surface area contributed by atoms with E-state index in [9.17, 15) is 14.3 Å². The van der Waals surface area contributed by atoms with Gasteiger partial charge in [0.1, 0.15) is 0 Å². The maximum Gasteiger partial charge on any atom is 0.253 e. The molecule has 5 heteroatoms. The Kier molecular flexibility index (Phi) is 6.61. The lowest BCUT2D eigenvalue weighted by molar-refractivity contribution is 0.0765. The molecule has 1 aliphatic heterocycles. The minimum absolute atomic E-state index is 0.0101. The molecule has 2 aromatic carbocycles. The molecule has 0 unspecified atom stereocenters. The molecule has 31 heavy (non-hydrogen) atoms. The number of β-amino-alcohol motifs (C(OH)–C–C–N with tert-alkyl or cyclic N) is 1. The molecule has 2 aliphatic rings. The molecule has 2 fully saturated rings. The van der Waals surface area contributed by atoms with Crippen molar-refractivity contribution in [3.8, 4) is 5.75 Å². The monoisotopic (exact) mass is 425 g/mol. The van der Waals surface area contributed by atoms with E-state index in [-0.39, 0.29) is 11.7 Å². The number of methoxy groups -OCH3 is 1. The second kappa shape index (κ2) is 9.39. The number of hydrogen-bond donors (Lipinski definition) is 1. The lowest BCUT2D eigenvalue weighted by Crippen LogP contribution is -2.29. The molecule has 1 N–H and O–H groups in total. The van der Waals surface area contributed by atoms with Crippen molar-refractivity contribution in [1.82, 2.24) is 4.90 Å². The molecular weight excluding hydrogens is 393 g/mol. The number of likely N-dealkylation sites (tertiary alicyclic amines) is 1. The zero-order valence-corrected chi connectivity index (χ0v) is 18.4. The van der Waals surface area contributed by atoms with Crippen LogP contribution in [0, 0.1) is 11.7 Å². The summed E-state index contributed by atoms with van der Waals surface area (Å²) in [6, 6.07) is 13.2. The van der Waals surface area contributed by atoms with Gasteiger partial charge in [-0.15, -0.1) is 0 Å². The Hall–Kier alpha value is -2.40. The SMILES string of the molecule is COc1cc([C@@H](C)C[C@H]2CC[C@@H](c3ccc(C(=O)N4CC[C@H](O)C4)cc3)C2)ccc1F. The van der Waals surface area contributed by atoms with Crippen molar-refractivity contribution >= 4 is 5.91 Å².